The number of rotatable bonds is 5. The molecule has 274 valence electrons. The van der Waals surface area contributed by atoms with Gasteiger partial charge in [0.05, 0.1) is 22.1 Å². The maximum atomic E-state index is 6.69. The van der Waals surface area contributed by atoms with E-state index in [4.69, 9.17) is 14.4 Å². The summed E-state index contributed by atoms with van der Waals surface area (Å²) >= 11 is 0. The third kappa shape index (κ3) is 4.96. The van der Waals surface area contributed by atoms with Gasteiger partial charge < -0.3 is 13.6 Å². The van der Waals surface area contributed by atoms with Crippen LogP contribution in [0.25, 0.3) is 105 Å². The summed E-state index contributed by atoms with van der Waals surface area (Å²) in [7, 11) is 0. The zero-order valence-electron chi connectivity index (χ0n) is 31.8. The second-order valence-corrected chi connectivity index (χ2v) is 15.5. The molecule has 0 bridgehead atoms. The van der Waals surface area contributed by atoms with Crippen LogP contribution >= 0.6 is 0 Å². The lowest BCUT2D eigenvalue weighted by atomic mass is 9.90. The van der Waals surface area contributed by atoms with Gasteiger partial charge in [0.15, 0.2) is 5.58 Å². The number of furan rings is 1. The first-order valence-corrected chi connectivity index (χ1v) is 19.9. The molecule has 58 heavy (non-hydrogen) atoms. The number of nitrogens with zero attached hydrogens (tertiary/aromatic N) is 4. The molecule has 1 atom stereocenters. The van der Waals surface area contributed by atoms with Gasteiger partial charge in [-0.1, -0.05) is 116 Å². The first-order chi connectivity index (χ1) is 28.7. The van der Waals surface area contributed by atoms with Crippen LogP contribution < -0.4 is 0 Å². The third-order valence-corrected chi connectivity index (χ3v) is 12.0. The molecule has 5 heteroatoms. The molecule has 12 rings (SSSR count). The van der Waals surface area contributed by atoms with Crippen molar-refractivity contribution >= 4 is 71.3 Å². The molecule has 0 saturated heterocycles. The summed E-state index contributed by atoms with van der Waals surface area (Å²) in [6.45, 7) is 2.25. The van der Waals surface area contributed by atoms with Gasteiger partial charge >= 0.3 is 0 Å². The van der Waals surface area contributed by atoms with Crippen LogP contribution in [-0.2, 0) is 0 Å². The van der Waals surface area contributed by atoms with Gasteiger partial charge in [0.1, 0.15) is 23.1 Å². The number of hydrogen-bond acceptors (Lipinski definition) is 3. The number of benzene rings is 7. The average Bonchev–Trinajstić information content (AvgIpc) is 3.94. The quantitative estimate of drug-likeness (QED) is 0.176. The standard InChI is InChI=1S/C53H36N4O/c1-33-11-9-12-37(29-33)40-17-10-18-43-51-53(58-52(40)43)50(54-32-55-51)34-21-25-39(26-22-34)57-47-20-8-6-16-42(47)45-31-36(24-28-49(45)57)35-23-27-48-44(30-35)41-15-5-7-19-46(41)56(48)38-13-3-2-4-14-38/h2-28,30-33H,29H2,1H3. The van der Waals surface area contributed by atoms with Crippen molar-refractivity contribution in [3.8, 4) is 33.8 Å². The van der Waals surface area contributed by atoms with Crippen molar-refractivity contribution in [1.29, 1.82) is 0 Å². The normalized spacial score (nSPS) is 14.4. The van der Waals surface area contributed by atoms with Crippen LogP contribution in [0.2, 0.25) is 0 Å². The fraction of sp³-hybridized carbons (Fsp3) is 0.0566. The molecular weight excluding hydrogens is 709 g/mol. The van der Waals surface area contributed by atoms with E-state index < -0.39 is 0 Å². The van der Waals surface area contributed by atoms with Gasteiger partial charge in [-0.05, 0) is 95.8 Å². The van der Waals surface area contributed by atoms with E-state index in [-0.39, 0.29) is 0 Å². The Labute approximate surface area is 334 Å². The minimum Gasteiger partial charge on any atom is -0.451 e. The van der Waals surface area contributed by atoms with Crippen molar-refractivity contribution in [3.05, 3.63) is 188 Å². The summed E-state index contributed by atoms with van der Waals surface area (Å²) < 4.78 is 11.4. The minimum absolute atomic E-state index is 0.487. The van der Waals surface area contributed by atoms with Crippen LogP contribution in [0, 0.1) is 5.92 Å². The molecule has 0 amide bonds. The second kappa shape index (κ2) is 12.8. The molecule has 0 spiro atoms. The summed E-state index contributed by atoms with van der Waals surface area (Å²) in [5.41, 5.74) is 16.0. The highest BCUT2D eigenvalue weighted by Crippen LogP contribution is 2.41. The van der Waals surface area contributed by atoms with E-state index in [0.29, 0.717) is 11.5 Å². The van der Waals surface area contributed by atoms with Crippen LogP contribution in [0.3, 0.4) is 0 Å². The Morgan fingerprint density at radius 1 is 0.517 bits per heavy atom. The first-order valence-electron chi connectivity index (χ1n) is 19.9. The van der Waals surface area contributed by atoms with Crippen molar-refractivity contribution in [2.45, 2.75) is 13.3 Å². The molecule has 0 N–H and O–H groups in total. The molecule has 0 radical (unpaired) electrons. The van der Waals surface area contributed by atoms with E-state index in [2.05, 4.69) is 192 Å². The van der Waals surface area contributed by atoms with E-state index in [0.717, 1.165) is 56.6 Å². The Bertz CT molecular complexity index is 3490. The minimum atomic E-state index is 0.487. The molecule has 1 aliphatic rings. The Morgan fingerprint density at radius 2 is 1.10 bits per heavy atom. The molecule has 0 aliphatic heterocycles. The fourth-order valence-corrected chi connectivity index (χ4v) is 9.31. The predicted molar refractivity (Wildman–Crippen MR) is 240 cm³/mol. The zero-order chi connectivity index (χ0) is 38.3. The van der Waals surface area contributed by atoms with E-state index in [1.807, 2.05) is 0 Å². The summed E-state index contributed by atoms with van der Waals surface area (Å²) in [4.78, 5) is 9.48. The van der Waals surface area contributed by atoms with Crippen LogP contribution in [-0.4, -0.2) is 19.1 Å². The summed E-state index contributed by atoms with van der Waals surface area (Å²) in [6.07, 6.45) is 9.24. The number of aromatic nitrogens is 4. The van der Waals surface area contributed by atoms with Gasteiger partial charge in [0.2, 0.25) is 0 Å². The molecule has 7 aromatic carbocycles. The lowest BCUT2D eigenvalue weighted by Gasteiger charge is -2.14. The second-order valence-electron chi connectivity index (χ2n) is 15.5. The van der Waals surface area contributed by atoms with Gasteiger partial charge in [-0.2, -0.15) is 0 Å². The molecule has 4 aromatic heterocycles. The average molecular weight is 745 g/mol. The summed E-state index contributed by atoms with van der Waals surface area (Å²) in [5, 5.41) is 5.95. The van der Waals surface area contributed by atoms with Gasteiger partial charge in [0.25, 0.3) is 0 Å². The molecule has 0 fully saturated rings. The molecule has 4 heterocycles. The van der Waals surface area contributed by atoms with Crippen molar-refractivity contribution < 1.29 is 4.42 Å². The maximum Gasteiger partial charge on any atom is 0.180 e. The Kier molecular flexibility index (Phi) is 7.20. The first kappa shape index (κ1) is 32.7. The van der Waals surface area contributed by atoms with Gasteiger partial charge in [0, 0.05) is 49.4 Å². The molecule has 0 saturated carbocycles. The van der Waals surface area contributed by atoms with Crippen LogP contribution in [0.5, 0.6) is 0 Å². The lowest BCUT2D eigenvalue weighted by molar-refractivity contribution is 0.664. The van der Waals surface area contributed by atoms with Crippen molar-refractivity contribution in [3.63, 3.8) is 0 Å². The molecule has 1 unspecified atom stereocenters. The van der Waals surface area contributed by atoms with Gasteiger partial charge in [-0.3, -0.25) is 0 Å². The largest absolute Gasteiger partial charge is 0.451 e. The van der Waals surface area contributed by atoms with Crippen molar-refractivity contribution in [1.82, 2.24) is 19.1 Å². The van der Waals surface area contributed by atoms with E-state index in [1.54, 1.807) is 6.33 Å². The van der Waals surface area contributed by atoms with E-state index in [1.165, 1.54) is 54.8 Å². The number of allylic oxidation sites excluding steroid dienone is 4. The SMILES string of the molecule is CC1C=CC=C(c2cccc3c2oc2c(-c4ccc(-n5c6ccccc6c6cc(-c7ccc8c(c7)c7ccccc7n8-c7ccccc7)ccc65)cc4)ncnc23)C1. The molecule has 5 nitrogen and oxygen atoms in total. The Hall–Kier alpha value is -7.50. The lowest BCUT2D eigenvalue weighted by Crippen LogP contribution is -1.97. The number of para-hydroxylation sites is 4. The smallest absolute Gasteiger partial charge is 0.180 e. The Morgan fingerprint density at radius 3 is 1.78 bits per heavy atom. The summed E-state index contributed by atoms with van der Waals surface area (Å²) in [5.74, 6) is 0.487. The monoisotopic (exact) mass is 744 g/mol. The van der Waals surface area contributed by atoms with Crippen LogP contribution in [0.1, 0.15) is 18.9 Å². The number of fused-ring (bicyclic) bond motifs is 9. The Balaban J connectivity index is 0.950. The topological polar surface area (TPSA) is 48.8 Å². The van der Waals surface area contributed by atoms with Crippen molar-refractivity contribution in [2.75, 3.05) is 0 Å². The third-order valence-electron chi connectivity index (χ3n) is 12.0. The maximum absolute atomic E-state index is 6.69. The molecule has 1 aliphatic carbocycles. The highest BCUT2D eigenvalue weighted by atomic mass is 16.3. The zero-order valence-corrected chi connectivity index (χ0v) is 31.8. The van der Waals surface area contributed by atoms with Crippen molar-refractivity contribution in [2.24, 2.45) is 5.92 Å². The fourth-order valence-electron chi connectivity index (χ4n) is 9.31. The van der Waals surface area contributed by atoms with E-state index >= 15 is 0 Å². The van der Waals surface area contributed by atoms with Gasteiger partial charge in [-0.25, -0.2) is 9.97 Å². The van der Waals surface area contributed by atoms with Crippen LogP contribution in [0.15, 0.2) is 187 Å². The summed E-state index contributed by atoms with van der Waals surface area (Å²) in [6, 6.07) is 56.8. The predicted octanol–water partition coefficient (Wildman–Crippen LogP) is 13.9. The highest BCUT2D eigenvalue weighted by molar-refractivity contribution is 6.13. The molecular formula is C53H36N4O. The molecule has 11 aromatic rings. The van der Waals surface area contributed by atoms with E-state index in [9.17, 15) is 0 Å². The van der Waals surface area contributed by atoms with Gasteiger partial charge in [-0.15, -0.1) is 0 Å². The van der Waals surface area contributed by atoms with Crippen LogP contribution in [0.4, 0.5) is 0 Å². The number of hydrogen-bond donors (Lipinski definition) is 0. The highest BCUT2D eigenvalue weighted by Gasteiger charge is 2.21.